The fraction of sp³-hybridized carbons (Fsp3) is 0.143. The molecule has 2 aromatic heterocycles. The standard InChI is InChI=1S/C35H28N2O6S/c1-4-42-34(40)30-31(24-9-6-5-7-10-24)36-35-37(32(30)25-11-8-12-26(19-25)41-3)33(39)29(44-35)20-27-17-18-28(43-27)23-15-13-22(14-16-23)21(2)38/h5-20,32H,4H2,1-3H3/b29-20+. The SMILES string of the molecule is CCOC(=O)C1=C(c2ccccc2)N=c2s/c(=C/c3ccc(-c4ccc(C(C)=O)cc4)o3)c(=O)n2C1c1cccc(OC)c1. The zero-order chi connectivity index (χ0) is 30.8. The number of methoxy groups -OCH3 is 1. The summed E-state index contributed by atoms with van der Waals surface area (Å²) in [7, 11) is 1.57. The smallest absolute Gasteiger partial charge is 0.338 e. The van der Waals surface area contributed by atoms with E-state index in [1.54, 1.807) is 44.4 Å². The molecule has 220 valence electrons. The quantitative estimate of drug-likeness (QED) is 0.174. The average molecular weight is 605 g/mol. The summed E-state index contributed by atoms with van der Waals surface area (Å²) < 4.78 is 19.0. The van der Waals surface area contributed by atoms with Crippen LogP contribution in [0.15, 0.2) is 111 Å². The first-order valence-corrected chi connectivity index (χ1v) is 14.8. The number of carbonyl (C=O) groups excluding carboxylic acids is 2. The van der Waals surface area contributed by atoms with Gasteiger partial charge in [-0.15, -0.1) is 0 Å². The van der Waals surface area contributed by atoms with E-state index in [0.717, 1.165) is 11.1 Å². The van der Waals surface area contributed by atoms with Gasteiger partial charge in [0.2, 0.25) is 0 Å². The zero-order valence-electron chi connectivity index (χ0n) is 24.3. The van der Waals surface area contributed by atoms with Gasteiger partial charge in [0.15, 0.2) is 10.6 Å². The molecule has 3 heterocycles. The minimum Gasteiger partial charge on any atom is -0.497 e. The number of nitrogens with zero attached hydrogens (tertiary/aromatic N) is 2. The highest BCUT2D eigenvalue weighted by atomic mass is 32.1. The van der Waals surface area contributed by atoms with Crippen LogP contribution in [0.3, 0.4) is 0 Å². The van der Waals surface area contributed by atoms with Crippen molar-refractivity contribution >= 4 is 34.9 Å². The van der Waals surface area contributed by atoms with Gasteiger partial charge in [0, 0.05) is 22.8 Å². The van der Waals surface area contributed by atoms with Crippen LogP contribution in [0, 0.1) is 0 Å². The lowest BCUT2D eigenvalue weighted by Gasteiger charge is -2.26. The summed E-state index contributed by atoms with van der Waals surface area (Å²) in [6.45, 7) is 3.43. The molecule has 1 aliphatic rings. The number of rotatable bonds is 8. The van der Waals surface area contributed by atoms with Crippen LogP contribution in [0.4, 0.5) is 0 Å². The van der Waals surface area contributed by atoms with Crippen LogP contribution in [0.5, 0.6) is 5.75 Å². The third-order valence-electron chi connectivity index (χ3n) is 7.26. The summed E-state index contributed by atoms with van der Waals surface area (Å²) in [5.41, 5.74) is 3.22. The molecule has 1 aliphatic heterocycles. The largest absolute Gasteiger partial charge is 0.497 e. The van der Waals surface area contributed by atoms with Crippen molar-refractivity contribution in [3.05, 3.63) is 139 Å². The van der Waals surface area contributed by atoms with Crippen LogP contribution in [0.1, 0.15) is 47.1 Å². The summed E-state index contributed by atoms with van der Waals surface area (Å²) in [6.07, 6.45) is 1.68. The van der Waals surface area contributed by atoms with E-state index >= 15 is 0 Å². The molecule has 0 amide bonds. The highest BCUT2D eigenvalue weighted by molar-refractivity contribution is 7.07. The number of thiazole rings is 1. The van der Waals surface area contributed by atoms with Crippen molar-refractivity contribution in [1.82, 2.24) is 4.57 Å². The number of esters is 1. The Morgan fingerprint density at radius 2 is 1.75 bits per heavy atom. The molecule has 44 heavy (non-hydrogen) atoms. The van der Waals surface area contributed by atoms with Crippen LogP contribution in [0.25, 0.3) is 23.1 Å². The van der Waals surface area contributed by atoms with Crippen molar-refractivity contribution in [3.63, 3.8) is 0 Å². The maximum atomic E-state index is 14.1. The Balaban J connectivity index is 1.53. The lowest BCUT2D eigenvalue weighted by atomic mass is 9.93. The number of aromatic nitrogens is 1. The maximum absolute atomic E-state index is 14.1. The van der Waals surface area contributed by atoms with Gasteiger partial charge in [0.05, 0.1) is 35.6 Å². The van der Waals surface area contributed by atoms with Crippen molar-refractivity contribution in [2.45, 2.75) is 19.9 Å². The molecule has 0 fully saturated rings. The molecule has 0 saturated heterocycles. The van der Waals surface area contributed by atoms with E-state index in [2.05, 4.69) is 0 Å². The Kier molecular flexibility index (Phi) is 7.95. The predicted octanol–water partition coefficient (Wildman–Crippen LogP) is 5.41. The maximum Gasteiger partial charge on any atom is 0.338 e. The first-order chi connectivity index (χ1) is 21.4. The molecule has 3 aromatic carbocycles. The summed E-state index contributed by atoms with van der Waals surface area (Å²) >= 11 is 1.21. The number of fused-ring (bicyclic) bond motifs is 1. The summed E-state index contributed by atoms with van der Waals surface area (Å²) in [5.74, 6) is 1.10. The first kappa shape index (κ1) is 28.8. The number of Topliss-reactive ketones (excluding diaryl/α,β-unsaturated/α-hetero) is 1. The summed E-state index contributed by atoms with van der Waals surface area (Å²) in [6, 6.07) is 26.6. The van der Waals surface area contributed by atoms with Gasteiger partial charge >= 0.3 is 5.97 Å². The van der Waals surface area contributed by atoms with Crippen LogP contribution in [0.2, 0.25) is 0 Å². The number of carbonyl (C=O) groups is 2. The normalized spacial score (nSPS) is 14.6. The third kappa shape index (κ3) is 5.45. The Bertz CT molecular complexity index is 2080. The Labute approximate surface area is 256 Å². The van der Waals surface area contributed by atoms with Crippen LogP contribution >= 0.6 is 11.3 Å². The molecular formula is C35H28N2O6S. The molecule has 0 aliphatic carbocycles. The molecule has 0 radical (unpaired) electrons. The number of benzene rings is 3. The molecule has 9 heteroatoms. The second kappa shape index (κ2) is 12.1. The van der Waals surface area contributed by atoms with Crippen molar-refractivity contribution in [1.29, 1.82) is 0 Å². The van der Waals surface area contributed by atoms with Crippen LogP contribution in [-0.4, -0.2) is 30.0 Å². The van der Waals surface area contributed by atoms with Crippen LogP contribution < -0.4 is 19.6 Å². The fourth-order valence-electron chi connectivity index (χ4n) is 5.15. The van der Waals surface area contributed by atoms with E-state index in [1.807, 2.05) is 66.7 Å². The Hall–Kier alpha value is -5.28. The summed E-state index contributed by atoms with van der Waals surface area (Å²) in [4.78, 5) is 44.7. The molecule has 0 saturated carbocycles. The highest BCUT2D eigenvalue weighted by Gasteiger charge is 2.35. The topological polar surface area (TPSA) is 100 Å². The molecule has 0 bridgehead atoms. The molecular weight excluding hydrogens is 576 g/mol. The molecule has 0 N–H and O–H groups in total. The molecule has 5 aromatic rings. The monoisotopic (exact) mass is 604 g/mol. The van der Waals surface area contributed by atoms with Gasteiger partial charge in [-0.3, -0.25) is 14.2 Å². The van der Waals surface area contributed by atoms with Gasteiger partial charge in [-0.2, -0.15) is 0 Å². The van der Waals surface area contributed by atoms with Gasteiger partial charge in [-0.1, -0.05) is 78.1 Å². The first-order valence-electron chi connectivity index (χ1n) is 14.0. The van der Waals surface area contributed by atoms with Crippen molar-refractivity contribution in [2.24, 2.45) is 4.99 Å². The van der Waals surface area contributed by atoms with Gasteiger partial charge in [-0.25, -0.2) is 9.79 Å². The zero-order valence-corrected chi connectivity index (χ0v) is 25.1. The minimum atomic E-state index is -0.815. The van der Waals surface area contributed by atoms with Gasteiger partial charge in [-0.05, 0) is 43.7 Å². The fourth-order valence-corrected chi connectivity index (χ4v) is 6.13. The van der Waals surface area contributed by atoms with E-state index < -0.39 is 12.0 Å². The second-order valence-corrected chi connectivity index (χ2v) is 11.1. The number of furan rings is 1. The number of ether oxygens (including phenoxy) is 2. The minimum absolute atomic E-state index is 0.0131. The number of hydrogen-bond acceptors (Lipinski definition) is 8. The summed E-state index contributed by atoms with van der Waals surface area (Å²) in [5, 5.41) is 0. The Morgan fingerprint density at radius 3 is 2.45 bits per heavy atom. The van der Waals surface area contributed by atoms with Gasteiger partial charge in [0.25, 0.3) is 5.56 Å². The van der Waals surface area contributed by atoms with Crippen molar-refractivity contribution in [2.75, 3.05) is 13.7 Å². The van der Waals surface area contributed by atoms with Gasteiger partial charge < -0.3 is 13.9 Å². The molecule has 8 nitrogen and oxygen atoms in total. The van der Waals surface area contributed by atoms with E-state index in [1.165, 1.54) is 22.8 Å². The molecule has 1 atom stereocenters. The molecule has 1 unspecified atom stereocenters. The predicted molar refractivity (Wildman–Crippen MR) is 168 cm³/mol. The van der Waals surface area contributed by atoms with Gasteiger partial charge in [0.1, 0.15) is 17.3 Å². The van der Waals surface area contributed by atoms with E-state index in [9.17, 15) is 14.4 Å². The molecule has 6 rings (SSSR count). The van der Waals surface area contributed by atoms with E-state index in [4.69, 9.17) is 18.9 Å². The lowest BCUT2D eigenvalue weighted by Crippen LogP contribution is -2.40. The third-order valence-corrected chi connectivity index (χ3v) is 8.24. The van der Waals surface area contributed by atoms with E-state index in [-0.39, 0.29) is 23.5 Å². The average Bonchev–Trinajstić information content (AvgIpc) is 3.64. The second-order valence-electron chi connectivity index (χ2n) is 10.0. The highest BCUT2D eigenvalue weighted by Crippen LogP contribution is 2.36. The van der Waals surface area contributed by atoms with Crippen molar-refractivity contribution in [3.8, 4) is 17.1 Å². The Morgan fingerprint density at radius 1 is 0.977 bits per heavy atom. The van der Waals surface area contributed by atoms with E-state index in [0.29, 0.717) is 43.4 Å². The number of ketones is 1. The number of hydrogen-bond donors (Lipinski definition) is 0. The lowest BCUT2D eigenvalue weighted by molar-refractivity contribution is -0.138. The molecule has 0 spiro atoms. The van der Waals surface area contributed by atoms with Crippen LogP contribution in [-0.2, 0) is 9.53 Å². The van der Waals surface area contributed by atoms with Crippen molar-refractivity contribution < 1.29 is 23.5 Å².